The predicted molar refractivity (Wildman–Crippen MR) is 116 cm³/mol. The molecule has 31 heavy (non-hydrogen) atoms. The number of pyridine rings is 1. The monoisotopic (exact) mass is 437 g/mol. The van der Waals surface area contributed by atoms with Crippen LogP contribution in [0.3, 0.4) is 0 Å². The van der Waals surface area contributed by atoms with Crippen molar-refractivity contribution in [3.63, 3.8) is 0 Å². The normalized spacial score (nSPS) is 12.4. The number of amides is 1. The minimum atomic E-state index is -0.496. The van der Waals surface area contributed by atoms with Gasteiger partial charge in [-0.05, 0) is 43.5 Å². The highest BCUT2D eigenvalue weighted by Gasteiger charge is 2.22. The van der Waals surface area contributed by atoms with E-state index in [0.717, 1.165) is 36.2 Å². The maximum atomic E-state index is 12.7. The highest BCUT2D eigenvalue weighted by atomic mass is 32.2. The lowest BCUT2D eigenvalue weighted by Gasteiger charge is -2.14. The van der Waals surface area contributed by atoms with E-state index in [1.807, 2.05) is 18.2 Å². The van der Waals surface area contributed by atoms with E-state index < -0.39 is 4.92 Å². The van der Waals surface area contributed by atoms with Crippen LogP contribution in [0, 0.1) is 10.1 Å². The molecule has 4 rings (SSSR count). The largest absolute Gasteiger partial charge is 0.349 e. The van der Waals surface area contributed by atoms with Crippen molar-refractivity contribution < 1.29 is 9.72 Å². The summed E-state index contributed by atoms with van der Waals surface area (Å²) in [5, 5.41) is 14.0. The van der Waals surface area contributed by atoms with Gasteiger partial charge in [-0.2, -0.15) is 4.98 Å². The molecule has 3 aromatic rings. The number of nitro benzene ring substituents is 1. The first-order valence-electron chi connectivity index (χ1n) is 9.71. The minimum Gasteiger partial charge on any atom is -0.325 e. The van der Waals surface area contributed by atoms with Crippen LogP contribution in [0.15, 0.2) is 58.5 Å². The van der Waals surface area contributed by atoms with Crippen LogP contribution < -0.4 is 11.0 Å². The van der Waals surface area contributed by atoms with Crippen molar-refractivity contribution in [3.8, 4) is 0 Å². The van der Waals surface area contributed by atoms with Crippen LogP contribution in [0.5, 0.6) is 0 Å². The van der Waals surface area contributed by atoms with Gasteiger partial charge in [-0.25, -0.2) is 4.79 Å². The molecule has 0 saturated heterocycles. The first-order valence-corrected chi connectivity index (χ1v) is 10.7. The molecule has 2 heterocycles. The molecule has 0 spiro atoms. The number of carbonyl (C=O) groups excluding carboxylic acids is 1. The van der Waals surface area contributed by atoms with Crippen molar-refractivity contribution in [1.29, 1.82) is 0 Å². The van der Waals surface area contributed by atoms with Gasteiger partial charge in [0.25, 0.3) is 5.69 Å². The quantitative estimate of drug-likeness (QED) is 0.261. The standard InChI is InChI=1S/C21H19N5O4S/c27-19(23-14-7-9-16(10-8-14)26(29)30)13-31-20-17-5-3-6-18(17)25(21(28)24-20)12-15-4-1-2-11-22-15/h1-2,4,7-11H,3,5-6,12-13H2,(H,23,27). The molecule has 0 saturated carbocycles. The maximum Gasteiger partial charge on any atom is 0.349 e. The maximum absolute atomic E-state index is 12.7. The number of carbonyl (C=O) groups is 1. The molecule has 0 fully saturated rings. The van der Waals surface area contributed by atoms with Crippen molar-refractivity contribution in [2.45, 2.75) is 30.8 Å². The third kappa shape index (κ3) is 4.80. The zero-order valence-corrected chi connectivity index (χ0v) is 17.3. The Kier molecular flexibility index (Phi) is 6.08. The number of nitro groups is 1. The summed E-state index contributed by atoms with van der Waals surface area (Å²) >= 11 is 1.23. The lowest BCUT2D eigenvalue weighted by molar-refractivity contribution is -0.384. The molecule has 0 aliphatic heterocycles. The van der Waals surface area contributed by atoms with Crippen molar-refractivity contribution in [1.82, 2.24) is 14.5 Å². The van der Waals surface area contributed by atoms with Crippen LogP contribution in [0.2, 0.25) is 0 Å². The number of anilines is 1. The van der Waals surface area contributed by atoms with Crippen LogP contribution in [0.1, 0.15) is 23.4 Å². The summed E-state index contributed by atoms with van der Waals surface area (Å²) in [6, 6.07) is 11.2. The Morgan fingerprint density at radius 1 is 1.19 bits per heavy atom. The smallest absolute Gasteiger partial charge is 0.325 e. The first-order chi connectivity index (χ1) is 15.0. The Balaban J connectivity index is 1.46. The number of aromatic nitrogens is 3. The molecule has 0 bridgehead atoms. The van der Waals surface area contributed by atoms with Gasteiger partial charge < -0.3 is 5.32 Å². The number of thioether (sulfide) groups is 1. The SMILES string of the molecule is O=C(CSc1nc(=O)n(Cc2ccccn2)c2c1CCC2)Nc1ccc([N+](=O)[O-])cc1. The Labute approximate surface area is 181 Å². The molecule has 0 atom stereocenters. The van der Waals surface area contributed by atoms with E-state index >= 15 is 0 Å². The third-order valence-corrected chi connectivity index (χ3v) is 5.97. The zero-order valence-electron chi connectivity index (χ0n) is 16.5. The molecule has 2 aromatic heterocycles. The molecule has 1 N–H and O–H groups in total. The molecule has 9 nitrogen and oxygen atoms in total. The van der Waals surface area contributed by atoms with Crippen molar-refractivity contribution in [2.24, 2.45) is 0 Å². The molecule has 1 aliphatic carbocycles. The topological polar surface area (TPSA) is 120 Å². The second kappa shape index (κ2) is 9.09. The van der Waals surface area contributed by atoms with Gasteiger partial charge >= 0.3 is 5.69 Å². The minimum absolute atomic E-state index is 0.0431. The zero-order chi connectivity index (χ0) is 21.8. The summed E-state index contributed by atoms with van der Waals surface area (Å²) < 4.78 is 1.67. The number of nitrogens with one attached hydrogen (secondary N) is 1. The Hall–Kier alpha value is -3.53. The molecule has 158 valence electrons. The molecular weight excluding hydrogens is 418 g/mol. The molecule has 0 unspecified atom stereocenters. The van der Waals surface area contributed by atoms with E-state index in [0.29, 0.717) is 17.3 Å². The van der Waals surface area contributed by atoms with E-state index in [9.17, 15) is 19.7 Å². The summed E-state index contributed by atoms with van der Waals surface area (Å²) in [6.45, 7) is 0.376. The fourth-order valence-corrected chi connectivity index (χ4v) is 4.40. The van der Waals surface area contributed by atoms with Gasteiger partial charge in [0.15, 0.2) is 0 Å². The average Bonchev–Trinajstić information content (AvgIpc) is 3.26. The van der Waals surface area contributed by atoms with Gasteiger partial charge in [0, 0.05) is 35.3 Å². The second-order valence-corrected chi connectivity index (χ2v) is 7.99. The molecule has 10 heteroatoms. The summed E-state index contributed by atoms with van der Waals surface area (Å²) in [4.78, 5) is 43.7. The summed E-state index contributed by atoms with van der Waals surface area (Å²) in [7, 11) is 0. The Bertz CT molecular complexity index is 1180. The van der Waals surface area contributed by atoms with Crippen LogP contribution in [-0.2, 0) is 24.2 Å². The van der Waals surface area contributed by atoms with Gasteiger partial charge in [-0.3, -0.25) is 24.5 Å². The van der Waals surface area contributed by atoms with Gasteiger partial charge in [0.1, 0.15) is 5.03 Å². The fraction of sp³-hybridized carbons (Fsp3) is 0.238. The van der Waals surface area contributed by atoms with Gasteiger partial charge in [0.05, 0.1) is 22.9 Å². The number of rotatable bonds is 7. The van der Waals surface area contributed by atoms with E-state index in [2.05, 4.69) is 15.3 Å². The predicted octanol–water partition coefficient (Wildman–Crippen LogP) is 2.81. The molecule has 0 radical (unpaired) electrons. The fourth-order valence-electron chi connectivity index (χ4n) is 3.52. The lowest BCUT2D eigenvalue weighted by Crippen LogP contribution is -2.28. The highest BCUT2D eigenvalue weighted by molar-refractivity contribution is 8.00. The second-order valence-electron chi connectivity index (χ2n) is 7.03. The van der Waals surface area contributed by atoms with Crippen LogP contribution in [-0.4, -0.2) is 31.1 Å². The molecule has 1 amide bonds. The number of hydrogen-bond donors (Lipinski definition) is 1. The van der Waals surface area contributed by atoms with Crippen molar-refractivity contribution in [2.75, 3.05) is 11.1 Å². The Morgan fingerprint density at radius 3 is 2.71 bits per heavy atom. The van der Waals surface area contributed by atoms with Crippen LogP contribution in [0.4, 0.5) is 11.4 Å². The number of non-ortho nitro benzene ring substituents is 1. The lowest BCUT2D eigenvalue weighted by atomic mass is 10.2. The summed E-state index contributed by atoms with van der Waals surface area (Å²) in [5.41, 5.74) is 2.86. The van der Waals surface area contributed by atoms with Gasteiger partial charge in [-0.1, -0.05) is 17.8 Å². The third-order valence-electron chi connectivity index (χ3n) is 4.95. The highest BCUT2D eigenvalue weighted by Crippen LogP contribution is 2.29. The first kappa shape index (κ1) is 20.7. The van der Waals surface area contributed by atoms with E-state index in [1.165, 1.54) is 36.0 Å². The van der Waals surface area contributed by atoms with E-state index in [1.54, 1.807) is 10.8 Å². The van der Waals surface area contributed by atoms with E-state index in [-0.39, 0.29) is 23.0 Å². The Morgan fingerprint density at radius 2 is 2.00 bits per heavy atom. The van der Waals surface area contributed by atoms with Crippen molar-refractivity contribution in [3.05, 3.63) is 86.2 Å². The van der Waals surface area contributed by atoms with Gasteiger partial charge in [-0.15, -0.1) is 0 Å². The van der Waals surface area contributed by atoms with Gasteiger partial charge in [0.2, 0.25) is 5.91 Å². The molecule has 1 aliphatic rings. The van der Waals surface area contributed by atoms with Crippen LogP contribution in [0.25, 0.3) is 0 Å². The number of benzene rings is 1. The average molecular weight is 437 g/mol. The summed E-state index contributed by atoms with van der Waals surface area (Å²) in [6.07, 6.45) is 4.24. The van der Waals surface area contributed by atoms with Crippen LogP contribution >= 0.6 is 11.8 Å². The number of nitrogens with zero attached hydrogens (tertiary/aromatic N) is 4. The van der Waals surface area contributed by atoms with E-state index in [4.69, 9.17) is 0 Å². The molecular formula is C21H19N5O4S. The molecule has 1 aromatic carbocycles. The number of fused-ring (bicyclic) bond motifs is 1. The summed E-state index contributed by atoms with van der Waals surface area (Å²) in [5.74, 6) is -0.190. The van der Waals surface area contributed by atoms with Crippen molar-refractivity contribution >= 4 is 29.0 Å². The number of hydrogen-bond acceptors (Lipinski definition) is 7.